The quantitative estimate of drug-likeness (QED) is 0.772. The summed E-state index contributed by atoms with van der Waals surface area (Å²) in [6, 6.07) is 12.7. The summed E-state index contributed by atoms with van der Waals surface area (Å²) in [7, 11) is 0. The molecule has 0 saturated carbocycles. The second-order valence-corrected chi connectivity index (χ2v) is 7.06. The van der Waals surface area contributed by atoms with Gasteiger partial charge >= 0.3 is 0 Å². The second kappa shape index (κ2) is 6.67. The van der Waals surface area contributed by atoms with E-state index in [-0.39, 0.29) is 23.7 Å². The first kappa shape index (κ1) is 17.5. The molecule has 0 bridgehead atoms. The van der Waals surface area contributed by atoms with E-state index in [9.17, 15) is 14.7 Å². The molecular formula is C22H21NO4. The van der Waals surface area contributed by atoms with Gasteiger partial charge in [-0.3, -0.25) is 9.59 Å². The highest BCUT2D eigenvalue weighted by Crippen LogP contribution is 2.38. The molecule has 1 aromatic heterocycles. The summed E-state index contributed by atoms with van der Waals surface area (Å²) in [5, 5.41) is 9.73. The number of carbonyl (C=O) groups is 1. The van der Waals surface area contributed by atoms with E-state index in [1.807, 2.05) is 44.2 Å². The van der Waals surface area contributed by atoms with Crippen molar-refractivity contribution < 1.29 is 14.3 Å². The third kappa shape index (κ3) is 2.84. The van der Waals surface area contributed by atoms with Gasteiger partial charge in [0.1, 0.15) is 5.58 Å². The van der Waals surface area contributed by atoms with Gasteiger partial charge in [-0.25, -0.2) is 0 Å². The number of aliphatic hydroxyl groups excluding tert-OH is 1. The minimum atomic E-state index is -0.499. The van der Waals surface area contributed by atoms with Crippen LogP contribution < -0.4 is 5.43 Å². The molecule has 0 spiro atoms. The Hall–Kier alpha value is -2.92. The maximum atomic E-state index is 13.3. The van der Waals surface area contributed by atoms with E-state index in [1.165, 1.54) is 0 Å². The minimum absolute atomic E-state index is 0.0245. The molecular weight excluding hydrogens is 342 g/mol. The van der Waals surface area contributed by atoms with Crippen molar-refractivity contribution in [1.29, 1.82) is 0 Å². The summed E-state index contributed by atoms with van der Waals surface area (Å²) in [6.07, 6.45) is 0.439. The van der Waals surface area contributed by atoms with E-state index in [4.69, 9.17) is 4.42 Å². The van der Waals surface area contributed by atoms with Crippen molar-refractivity contribution in [3.05, 3.63) is 80.7 Å². The highest BCUT2D eigenvalue weighted by molar-refractivity contribution is 5.99. The molecule has 1 atom stereocenters. The van der Waals surface area contributed by atoms with Gasteiger partial charge in [-0.15, -0.1) is 0 Å². The van der Waals surface area contributed by atoms with E-state index in [1.54, 1.807) is 17.0 Å². The fourth-order valence-corrected chi connectivity index (χ4v) is 3.70. The van der Waals surface area contributed by atoms with E-state index < -0.39 is 6.04 Å². The van der Waals surface area contributed by atoms with Gasteiger partial charge in [0.2, 0.25) is 5.76 Å². The molecule has 1 aliphatic heterocycles. The zero-order valence-corrected chi connectivity index (χ0v) is 15.4. The Morgan fingerprint density at radius 1 is 1.04 bits per heavy atom. The summed E-state index contributed by atoms with van der Waals surface area (Å²) in [5.74, 6) is -0.191. The van der Waals surface area contributed by atoms with Crippen LogP contribution in [-0.2, 0) is 0 Å². The van der Waals surface area contributed by atoms with Crippen molar-refractivity contribution in [3.63, 3.8) is 0 Å². The van der Waals surface area contributed by atoms with Crippen LogP contribution in [0.15, 0.2) is 51.7 Å². The Morgan fingerprint density at radius 2 is 1.74 bits per heavy atom. The molecule has 0 radical (unpaired) electrons. The van der Waals surface area contributed by atoms with Crippen molar-refractivity contribution in [2.75, 3.05) is 13.2 Å². The van der Waals surface area contributed by atoms with E-state index in [2.05, 4.69) is 0 Å². The number of amides is 1. The molecule has 1 N–H and O–H groups in total. The largest absolute Gasteiger partial charge is 0.450 e. The third-order valence-electron chi connectivity index (χ3n) is 5.07. The lowest BCUT2D eigenvalue weighted by atomic mass is 9.97. The number of nitrogens with zero attached hydrogens (tertiary/aromatic N) is 1. The first-order valence-corrected chi connectivity index (χ1v) is 9.07. The molecule has 2 aromatic carbocycles. The van der Waals surface area contributed by atoms with E-state index >= 15 is 0 Å². The lowest BCUT2D eigenvalue weighted by Crippen LogP contribution is -2.31. The first-order chi connectivity index (χ1) is 13.0. The molecule has 5 heteroatoms. The van der Waals surface area contributed by atoms with Crippen LogP contribution in [0.4, 0.5) is 0 Å². The second-order valence-electron chi connectivity index (χ2n) is 7.06. The zero-order valence-electron chi connectivity index (χ0n) is 15.4. The zero-order chi connectivity index (χ0) is 19.1. The van der Waals surface area contributed by atoms with Crippen LogP contribution in [0.25, 0.3) is 11.0 Å². The summed E-state index contributed by atoms with van der Waals surface area (Å²) < 4.78 is 5.88. The van der Waals surface area contributed by atoms with Gasteiger partial charge in [0.15, 0.2) is 5.43 Å². The van der Waals surface area contributed by atoms with Crippen LogP contribution in [0.2, 0.25) is 0 Å². The maximum absolute atomic E-state index is 13.3. The number of aliphatic hydroxyl groups is 1. The van der Waals surface area contributed by atoms with Gasteiger partial charge in [-0.2, -0.15) is 0 Å². The Balaban J connectivity index is 1.97. The predicted octanol–water partition coefficient (Wildman–Crippen LogP) is 3.34. The van der Waals surface area contributed by atoms with Crippen LogP contribution in [0.3, 0.4) is 0 Å². The van der Waals surface area contributed by atoms with Gasteiger partial charge in [0, 0.05) is 13.2 Å². The Labute approximate surface area is 156 Å². The van der Waals surface area contributed by atoms with Crippen LogP contribution in [-0.4, -0.2) is 29.1 Å². The molecule has 4 rings (SSSR count). The normalized spacial score (nSPS) is 16.2. The van der Waals surface area contributed by atoms with Crippen molar-refractivity contribution in [2.24, 2.45) is 0 Å². The summed E-state index contributed by atoms with van der Waals surface area (Å²) in [5.41, 5.74) is 3.57. The number of rotatable bonds is 4. The fraction of sp³-hybridized carbons (Fsp3) is 0.273. The van der Waals surface area contributed by atoms with Gasteiger partial charge in [0.05, 0.1) is 17.0 Å². The molecule has 3 aromatic rings. The number of aryl methyl sites for hydroxylation is 2. The van der Waals surface area contributed by atoms with Crippen LogP contribution in [0.5, 0.6) is 0 Å². The molecule has 0 saturated heterocycles. The number of hydrogen-bond acceptors (Lipinski definition) is 4. The van der Waals surface area contributed by atoms with Crippen molar-refractivity contribution in [2.45, 2.75) is 26.3 Å². The number of fused-ring (bicyclic) bond motifs is 2. The highest BCUT2D eigenvalue weighted by Gasteiger charge is 2.42. The average molecular weight is 363 g/mol. The lowest BCUT2D eigenvalue weighted by molar-refractivity contribution is 0.0716. The van der Waals surface area contributed by atoms with Gasteiger partial charge in [0.25, 0.3) is 5.91 Å². The predicted molar refractivity (Wildman–Crippen MR) is 103 cm³/mol. The van der Waals surface area contributed by atoms with Crippen LogP contribution in [0.1, 0.15) is 45.3 Å². The molecule has 1 aliphatic rings. The summed E-state index contributed by atoms with van der Waals surface area (Å²) in [6.45, 7) is 4.24. The smallest absolute Gasteiger partial charge is 0.290 e. The average Bonchev–Trinajstić information content (AvgIpc) is 2.94. The van der Waals surface area contributed by atoms with Crippen LogP contribution >= 0.6 is 0 Å². The molecule has 0 aliphatic carbocycles. The molecule has 27 heavy (non-hydrogen) atoms. The Bertz CT molecular complexity index is 1080. The molecule has 0 fully saturated rings. The fourth-order valence-electron chi connectivity index (χ4n) is 3.70. The van der Waals surface area contributed by atoms with Crippen LogP contribution in [0, 0.1) is 13.8 Å². The molecule has 2 heterocycles. The summed E-state index contributed by atoms with van der Waals surface area (Å²) >= 11 is 0. The van der Waals surface area contributed by atoms with Gasteiger partial charge in [-0.05, 0) is 38.0 Å². The number of hydrogen-bond donors (Lipinski definition) is 1. The third-order valence-corrected chi connectivity index (χ3v) is 5.07. The molecule has 1 amide bonds. The Morgan fingerprint density at radius 3 is 2.44 bits per heavy atom. The van der Waals surface area contributed by atoms with Crippen molar-refractivity contribution in [3.8, 4) is 0 Å². The summed E-state index contributed by atoms with van der Waals surface area (Å²) in [4.78, 5) is 28.0. The van der Waals surface area contributed by atoms with Gasteiger partial charge in [-0.1, -0.05) is 41.5 Å². The number of benzene rings is 2. The first-order valence-electron chi connectivity index (χ1n) is 9.07. The maximum Gasteiger partial charge on any atom is 0.290 e. The van der Waals surface area contributed by atoms with E-state index in [0.29, 0.717) is 29.5 Å². The minimum Gasteiger partial charge on any atom is -0.450 e. The monoisotopic (exact) mass is 363 g/mol. The standard InChI is InChI=1S/C22H21NO4/c1-13-4-7-15(8-5-13)19-18-20(25)16-12-14(2)6-9-17(16)27-21(18)22(26)23(19)10-3-11-24/h4-9,12,19,24H,3,10-11H2,1-2H3/t19-/m1/s1. The Kier molecular flexibility index (Phi) is 4.32. The highest BCUT2D eigenvalue weighted by atomic mass is 16.3. The van der Waals surface area contributed by atoms with Crippen molar-refractivity contribution in [1.82, 2.24) is 4.90 Å². The molecule has 0 unspecified atom stereocenters. The van der Waals surface area contributed by atoms with Crippen molar-refractivity contribution >= 4 is 16.9 Å². The SMILES string of the molecule is Cc1ccc([C@@H]2c3c(oc4ccc(C)cc4c3=O)C(=O)N2CCCO)cc1. The van der Waals surface area contributed by atoms with E-state index in [0.717, 1.165) is 16.7 Å². The molecule has 138 valence electrons. The lowest BCUT2D eigenvalue weighted by Gasteiger charge is -2.25. The number of carbonyl (C=O) groups excluding carboxylic acids is 1. The molecule has 5 nitrogen and oxygen atoms in total. The van der Waals surface area contributed by atoms with Gasteiger partial charge < -0.3 is 14.4 Å². The topological polar surface area (TPSA) is 70.8 Å².